The molecule has 1 heterocycles. The predicted octanol–water partition coefficient (Wildman–Crippen LogP) is 0.596. The van der Waals surface area contributed by atoms with Gasteiger partial charge in [0.25, 0.3) is 0 Å². The largest absolute Gasteiger partial charge is 0.378 e. The van der Waals surface area contributed by atoms with E-state index in [4.69, 9.17) is 10.5 Å². The maximum atomic E-state index is 5.53. The Morgan fingerprint density at radius 2 is 2.38 bits per heavy atom. The number of nitrogens with one attached hydrogen (secondary N) is 1. The topological polar surface area (TPSA) is 47.3 Å². The Bertz CT molecular complexity index is 141. The highest BCUT2D eigenvalue weighted by Gasteiger charge is 2.23. The maximum Gasteiger partial charge on any atom is 0.0588 e. The van der Waals surface area contributed by atoms with Gasteiger partial charge in [0.05, 0.1) is 6.10 Å². The van der Waals surface area contributed by atoms with Gasteiger partial charge in [0.15, 0.2) is 0 Å². The van der Waals surface area contributed by atoms with Gasteiger partial charge in [-0.15, -0.1) is 0 Å². The van der Waals surface area contributed by atoms with E-state index < -0.39 is 0 Å². The molecule has 3 N–H and O–H groups in total. The number of ether oxygens (including phenoxy) is 1. The third-order valence-electron chi connectivity index (χ3n) is 2.83. The number of nitrogens with two attached hydrogens (primary N) is 1. The quantitative estimate of drug-likeness (QED) is 0.661. The zero-order valence-electron chi connectivity index (χ0n) is 8.75. The van der Waals surface area contributed by atoms with Crippen molar-refractivity contribution in [2.45, 2.75) is 26.4 Å². The molecule has 1 aliphatic rings. The van der Waals surface area contributed by atoms with E-state index in [-0.39, 0.29) is 0 Å². The Labute approximate surface area is 81.0 Å². The summed E-state index contributed by atoms with van der Waals surface area (Å²) in [7, 11) is 0. The van der Waals surface area contributed by atoms with Gasteiger partial charge in [0.2, 0.25) is 0 Å². The minimum absolute atomic E-state index is 0.431. The maximum absolute atomic E-state index is 5.53. The van der Waals surface area contributed by atoms with Gasteiger partial charge in [-0.1, -0.05) is 6.92 Å². The SMILES string of the molecule is CC(CN)CNCC1CCOC1C. The summed E-state index contributed by atoms with van der Waals surface area (Å²) < 4.78 is 5.48. The first-order valence-corrected chi connectivity index (χ1v) is 5.26. The molecule has 0 bridgehead atoms. The van der Waals surface area contributed by atoms with E-state index in [1.54, 1.807) is 0 Å². The Kier molecular flexibility index (Phi) is 4.70. The highest BCUT2D eigenvalue weighted by molar-refractivity contribution is 4.74. The minimum Gasteiger partial charge on any atom is -0.378 e. The first-order chi connectivity index (χ1) is 6.24. The lowest BCUT2D eigenvalue weighted by molar-refractivity contribution is 0.105. The molecule has 0 aromatic carbocycles. The Hall–Kier alpha value is -0.120. The van der Waals surface area contributed by atoms with Crippen LogP contribution in [0.25, 0.3) is 0 Å². The molecule has 0 saturated carbocycles. The highest BCUT2D eigenvalue weighted by Crippen LogP contribution is 2.19. The summed E-state index contributed by atoms with van der Waals surface area (Å²) in [5.74, 6) is 1.28. The molecule has 3 atom stereocenters. The van der Waals surface area contributed by atoms with E-state index in [0.29, 0.717) is 17.9 Å². The highest BCUT2D eigenvalue weighted by atomic mass is 16.5. The Morgan fingerprint density at radius 3 is 2.92 bits per heavy atom. The van der Waals surface area contributed by atoms with Crippen LogP contribution in [0.5, 0.6) is 0 Å². The van der Waals surface area contributed by atoms with Crippen LogP contribution in [-0.2, 0) is 4.74 Å². The standard InChI is InChI=1S/C10H22N2O/c1-8(5-11)6-12-7-10-3-4-13-9(10)2/h8-10,12H,3-7,11H2,1-2H3. The van der Waals surface area contributed by atoms with E-state index in [1.807, 2.05) is 0 Å². The molecule has 3 heteroatoms. The summed E-state index contributed by atoms with van der Waals surface area (Å²) in [4.78, 5) is 0. The first-order valence-electron chi connectivity index (χ1n) is 5.26. The second-order valence-electron chi connectivity index (χ2n) is 4.12. The normalized spacial score (nSPS) is 30.7. The lowest BCUT2D eigenvalue weighted by Gasteiger charge is -2.16. The number of hydrogen-bond donors (Lipinski definition) is 2. The van der Waals surface area contributed by atoms with Gasteiger partial charge in [0.1, 0.15) is 0 Å². The van der Waals surface area contributed by atoms with Gasteiger partial charge in [-0.3, -0.25) is 0 Å². The van der Waals surface area contributed by atoms with Crippen LogP contribution in [0.4, 0.5) is 0 Å². The molecule has 0 amide bonds. The van der Waals surface area contributed by atoms with E-state index in [2.05, 4.69) is 19.2 Å². The van der Waals surface area contributed by atoms with Gasteiger partial charge < -0.3 is 15.8 Å². The van der Waals surface area contributed by atoms with Crippen LogP contribution in [0.3, 0.4) is 0 Å². The molecule has 13 heavy (non-hydrogen) atoms. The summed E-state index contributed by atoms with van der Waals surface area (Å²) in [5, 5.41) is 3.45. The molecule has 3 unspecified atom stereocenters. The van der Waals surface area contributed by atoms with E-state index in [1.165, 1.54) is 6.42 Å². The minimum atomic E-state index is 0.431. The van der Waals surface area contributed by atoms with Crippen molar-refractivity contribution >= 4 is 0 Å². The summed E-state index contributed by atoms with van der Waals surface area (Å²) in [6, 6.07) is 0. The Balaban J connectivity index is 2.05. The molecule has 78 valence electrons. The van der Waals surface area contributed by atoms with Crippen molar-refractivity contribution in [3.8, 4) is 0 Å². The van der Waals surface area contributed by atoms with Crippen molar-refractivity contribution in [1.82, 2.24) is 5.32 Å². The zero-order valence-corrected chi connectivity index (χ0v) is 8.75. The summed E-state index contributed by atoms with van der Waals surface area (Å²) >= 11 is 0. The third kappa shape index (κ3) is 3.63. The molecule has 1 saturated heterocycles. The van der Waals surface area contributed by atoms with Crippen LogP contribution < -0.4 is 11.1 Å². The number of hydrogen-bond acceptors (Lipinski definition) is 3. The lowest BCUT2D eigenvalue weighted by atomic mass is 10.0. The molecule has 0 aromatic heterocycles. The molecule has 1 aliphatic heterocycles. The average molecular weight is 186 g/mol. The van der Waals surface area contributed by atoms with Gasteiger partial charge >= 0.3 is 0 Å². The summed E-state index contributed by atoms with van der Waals surface area (Å²) in [6.07, 6.45) is 1.63. The zero-order chi connectivity index (χ0) is 9.68. The van der Waals surface area contributed by atoms with Crippen LogP contribution in [-0.4, -0.2) is 32.3 Å². The van der Waals surface area contributed by atoms with E-state index in [9.17, 15) is 0 Å². The van der Waals surface area contributed by atoms with E-state index >= 15 is 0 Å². The second-order valence-corrected chi connectivity index (χ2v) is 4.12. The lowest BCUT2D eigenvalue weighted by Crippen LogP contribution is -2.32. The molecule has 3 nitrogen and oxygen atoms in total. The van der Waals surface area contributed by atoms with Gasteiger partial charge in [0, 0.05) is 13.2 Å². The predicted molar refractivity (Wildman–Crippen MR) is 54.6 cm³/mol. The number of rotatable bonds is 5. The molecule has 0 spiro atoms. The molecule has 0 radical (unpaired) electrons. The molecular formula is C10H22N2O. The fourth-order valence-corrected chi connectivity index (χ4v) is 1.64. The first kappa shape index (κ1) is 11.0. The van der Waals surface area contributed by atoms with E-state index in [0.717, 1.165) is 26.2 Å². The van der Waals surface area contributed by atoms with Crippen molar-refractivity contribution in [2.24, 2.45) is 17.6 Å². The van der Waals surface area contributed by atoms with Crippen LogP contribution >= 0.6 is 0 Å². The Morgan fingerprint density at radius 1 is 1.62 bits per heavy atom. The molecule has 1 fully saturated rings. The van der Waals surface area contributed by atoms with Crippen molar-refractivity contribution < 1.29 is 4.74 Å². The molecule has 1 rings (SSSR count). The van der Waals surface area contributed by atoms with Crippen LogP contribution in [0, 0.1) is 11.8 Å². The monoisotopic (exact) mass is 186 g/mol. The van der Waals surface area contributed by atoms with Crippen LogP contribution in [0.15, 0.2) is 0 Å². The van der Waals surface area contributed by atoms with Crippen LogP contribution in [0.1, 0.15) is 20.3 Å². The molecule has 0 aliphatic carbocycles. The summed E-state index contributed by atoms with van der Waals surface area (Å²) in [5.41, 5.74) is 5.53. The van der Waals surface area contributed by atoms with Crippen molar-refractivity contribution in [2.75, 3.05) is 26.2 Å². The van der Waals surface area contributed by atoms with Crippen molar-refractivity contribution in [3.05, 3.63) is 0 Å². The van der Waals surface area contributed by atoms with Crippen molar-refractivity contribution in [3.63, 3.8) is 0 Å². The van der Waals surface area contributed by atoms with Gasteiger partial charge in [-0.05, 0) is 38.3 Å². The van der Waals surface area contributed by atoms with Crippen molar-refractivity contribution in [1.29, 1.82) is 0 Å². The fourth-order valence-electron chi connectivity index (χ4n) is 1.64. The van der Waals surface area contributed by atoms with Gasteiger partial charge in [-0.2, -0.15) is 0 Å². The smallest absolute Gasteiger partial charge is 0.0588 e. The molecule has 0 aromatic rings. The molecular weight excluding hydrogens is 164 g/mol. The summed E-state index contributed by atoms with van der Waals surface area (Å²) in [6.45, 7) is 8.13. The van der Waals surface area contributed by atoms with Crippen LogP contribution in [0.2, 0.25) is 0 Å². The van der Waals surface area contributed by atoms with Gasteiger partial charge in [-0.25, -0.2) is 0 Å². The third-order valence-corrected chi connectivity index (χ3v) is 2.83. The second kappa shape index (κ2) is 5.58. The average Bonchev–Trinajstić information content (AvgIpc) is 2.52. The fraction of sp³-hybridized carbons (Fsp3) is 1.00.